The number of piperazine rings is 1. The lowest BCUT2D eigenvalue weighted by molar-refractivity contribution is 0.276. The lowest BCUT2D eigenvalue weighted by atomic mass is 10.2. The molecule has 2 nitrogen and oxygen atoms in total. The maximum Gasteiger partial charge on any atom is 0.0233 e. The average molecular weight is 436 g/mol. The Morgan fingerprint density at radius 1 is 1.17 bits per heavy atom. The molecule has 0 unspecified atom stereocenters. The number of fused-ring (bicyclic) bond motifs is 2. The Kier molecular flexibility index (Phi) is 13.2. The van der Waals surface area contributed by atoms with Crippen LogP contribution in [0.5, 0.6) is 0 Å². The molecule has 2 aliphatic rings. The molecule has 0 aromatic heterocycles. The third-order valence-corrected chi connectivity index (χ3v) is 2.33. The van der Waals surface area contributed by atoms with E-state index in [1.165, 1.54) is 19.5 Å². The molecule has 2 atom stereocenters. The van der Waals surface area contributed by atoms with Gasteiger partial charge in [0.2, 0.25) is 0 Å². The molecule has 0 aromatic rings. The van der Waals surface area contributed by atoms with Crippen LogP contribution in [0.15, 0.2) is 0 Å². The number of nitrogens with zero attached hydrogens (tertiary/aromatic N) is 1. The fraction of sp³-hybridized carbons (Fsp3) is 1.00. The largest absolute Gasteiger partial charge is 0.311 e. The van der Waals surface area contributed by atoms with E-state index >= 15 is 0 Å². The Balaban J connectivity index is -0.000000202. The predicted octanol–water partition coefficient (Wildman–Crippen LogP) is 1.97. The first kappa shape index (κ1) is 19.4. The molecular weight excluding hydrogens is 420 g/mol. The van der Waals surface area contributed by atoms with Gasteiger partial charge in [0.25, 0.3) is 0 Å². The summed E-state index contributed by atoms with van der Waals surface area (Å²) in [5.74, 6) is 0. The number of halogens is 4. The van der Waals surface area contributed by atoms with Gasteiger partial charge >= 0.3 is 0 Å². The second-order valence-electron chi connectivity index (χ2n) is 2.93. The summed E-state index contributed by atoms with van der Waals surface area (Å²) in [5.41, 5.74) is 0. The van der Waals surface area contributed by atoms with Gasteiger partial charge in [-0.15, -0.1) is 67.9 Å². The van der Waals surface area contributed by atoms with Crippen molar-refractivity contribution in [2.24, 2.45) is 0 Å². The van der Waals surface area contributed by atoms with Crippen molar-refractivity contribution < 1.29 is 0 Å². The number of likely N-dealkylation sites (tertiary alicyclic amines) is 1. The molecule has 78 valence electrons. The van der Waals surface area contributed by atoms with Crippen molar-refractivity contribution in [1.82, 2.24) is 10.2 Å². The predicted molar refractivity (Wildman–Crippen MR) is 74.1 cm³/mol. The summed E-state index contributed by atoms with van der Waals surface area (Å²) in [6, 6.07) is 1.69. The van der Waals surface area contributed by atoms with Gasteiger partial charge in [0, 0.05) is 25.2 Å². The van der Waals surface area contributed by atoms with E-state index in [9.17, 15) is 0 Å². The van der Waals surface area contributed by atoms with Gasteiger partial charge < -0.3 is 10.2 Å². The number of nitrogens with one attached hydrogen (secondary N) is 1. The van der Waals surface area contributed by atoms with Crippen LogP contribution in [0.25, 0.3) is 0 Å². The lowest BCUT2D eigenvalue weighted by Gasteiger charge is -2.21. The first-order valence-electron chi connectivity index (χ1n) is 3.30. The third-order valence-electron chi connectivity index (χ3n) is 2.33. The number of likely N-dealkylation sites (N-methyl/N-ethyl adjacent to an activating group) is 1. The molecule has 6 heteroatoms. The van der Waals surface area contributed by atoms with E-state index in [1.54, 1.807) is 0 Å². The maximum atomic E-state index is 3.44. The molecule has 2 fully saturated rings. The molecule has 0 spiro atoms. The van der Waals surface area contributed by atoms with Crippen LogP contribution in [0.1, 0.15) is 6.42 Å². The minimum Gasteiger partial charge on any atom is -0.311 e. The summed E-state index contributed by atoms with van der Waals surface area (Å²) >= 11 is 0. The van der Waals surface area contributed by atoms with Crippen LogP contribution in [0.2, 0.25) is 0 Å². The summed E-state index contributed by atoms with van der Waals surface area (Å²) in [6.07, 6.45) is 1.39. The fourth-order valence-corrected chi connectivity index (χ4v) is 1.77. The van der Waals surface area contributed by atoms with Crippen LogP contribution < -0.4 is 5.32 Å². The van der Waals surface area contributed by atoms with Gasteiger partial charge in [0.1, 0.15) is 0 Å². The van der Waals surface area contributed by atoms with Crippen molar-refractivity contribution in [3.8, 4) is 0 Å². The highest BCUT2D eigenvalue weighted by atomic mass is 79.9. The van der Waals surface area contributed by atoms with Crippen molar-refractivity contribution in [2.75, 3.05) is 20.1 Å². The van der Waals surface area contributed by atoms with E-state index in [-0.39, 0.29) is 67.9 Å². The van der Waals surface area contributed by atoms with Crippen LogP contribution in [-0.2, 0) is 0 Å². The molecule has 2 rings (SSSR count). The van der Waals surface area contributed by atoms with E-state index in [2.05, 4.69) is 17.3 Å². The summed E-state index contributed by atoms with van der Waals surface area (Å²) < 4.78 is 0. The minimum atomic E-state index is 0. The maximum absolute atomic E-state index is 3.44. The van der Waals surface area contributed by atoms with E-state index in [0.717, 1.165) is 12.1 Å². The van der Waals surface area contributed by atoms with Crippen LogP contribution in [0.4, 0.5) is 0 Å². The molecule has 0 saturated carbocycles. The average Bonchev–Trinajstić information content (AvgIpc) is 2.23. The van der Waals surface area contributed by atoms with E-state index in [0.29, 0.717) is 0 Å². The van der Waals surface area contributed by atoms with E-state index in [1.807, 2.05) is 0 Å². The summed E-state index contributed by atoms with van der Waals surface area (Å²) in [6.45, 7) is 2.49. The second kappa shape index (κ2) is 8.17. The molecule has 12 heavy (non-hydrogen) atoms. The van der Waals surface area contributed by atoms with E-state index in [4.69, 9.17) is 0 Å². The van der Waals surface area contributed by atoms with Crippen molar-refractivity contribution in [1.29, 1.82) is 0 Å². The van der Waals surface area contributed by atoms with E-state index < -0.39 is 0 Å². The van der Waals surface area contributed by atoms with Gasteiger partial charge in [-0.2, -0.15) is 0 Å². The smallest absolute Gasteiger partial charge is 0.0233 e. The summed E-state index contributed by atoms with van der Waals surface area (Å²) in [5, 5.41) is 3.44. The van der Waals surface area contributed by atoms with Crippen LogP contribution in [-0.4, -0.2) is 37.1 Å². The van der Waals surface area contributed by atoms with Crippen molar-refractivity contribution in [2.45, 2.75) is 18.5 Å². The molecule has 0 aromatic carbocycles. The topological polar surface area (TPSA) is 15.3 Å². The Morgan fingerprint density at radius 2 is 1.75 bits per heavy atom. The monoisotopic (exact) mass is 432 g/mol. The van der Waals surface area contributed by atoms with Crippen molar-refractivity contribution in [3.05, 3.63) is 0 Å². The molecule has 0 radical (unpaired) electrons. The molecule has 2 saturated heterocycles. The van der Waals surface area contributed by atoms with Gasteiger partial charge in [-0.05, 0) is 13.5 Å². The van der Waals surface area contributed by atoms with Gasteiger partial charge in [0.15, 0.2) is 0 Å². The first-order chi connectivity index (χ1) is 3.86. The molecule has 0 amide bonds. The molecule has 2 heterocycles. The van der Waals surface area contributed by atoms with Gasteiger partial charge in [-0.1, -0.05) is 0 Å². The molecule has 1 N–H and O–H groups in total. The van der Waals surface area contributed by atoms with Gasteiger partial charge in [-0.3, -0.25) is 0 Å². The van der Waals surface area contributed by atoms with Crippen molar-refractivity contribution in [3.63, 3.8) is 0 Å². The quantitative estimate of drug-likeness (QED) is 0.626. The zero-order valence-electron chi connectivity index (χ0n) is 6.86. The zero-order valence-corrected chi connectivity index (χ0v) is 13.7. The Labute approximate surface area is 116 Å². The Morgan fingerprint density at radius 3 is 1.92 bits per heavy atom. The third kappa shape index (κ3) is 3.92. The summed E-state index contributed by atoms with van der Waals surface area (Å²) in [4.78, 5) is 2.45. The highest BCUT2D eigenvalue weighted by Crippen LogP contribution is 2.20. The SMILES string of the molecule is Br.Br.Br.Br.CN1C[C@@H]2C[C@H]1CN2. The highest BCUT2D eigenvalue weighted by Gasteiger charge is 2.34. The normalized spacial score (nSPS) is 30.8. The number of rotatable bonds is 0. The highest BCUT2D eigenvalue weighted by molar-refractivity contribution is 8.93. The van der Waals surface area contributed by atoms with Crippen LogP contribution in [0, 0.1) is 0 Å². The molecule has 2 aliphatic heterocycles. The van der Waals surface area contributed by atoms with Crippen LogP contribution in [0.3, 0.4) is 0 Å². The minimum absolute atomic E-state index is 0. The number of hydrogen-bond donors (Lipinski definition) is 1. The summed E-state index contributed by atoms with van der Waals surface area (Å²) in [7, 11) is 2.21. The number of hydrogen-bond acceptors (Lipinski definition) is 2. The standard InChI is InChI=1S/C6H12N2.4BrH/c1-8-4-5-2-6(8)3-7-5;;;;/h5-7H,2-4H2,1H3;4*1H/t5-,6-;;;;/m0..../s1. The lowest BCUT2D eigenvalue weighted by Crippen LogP contribution is -2.41. The molecule has 0 aliphatic carbocycles. The second-order valence-corrected chi connectivity index (χ2v) is 2.93. The van der Waals surface area contributed by atoms with Crippen LogP contribution >= 0.6 is 67.9 Å². The fourth-order valence-electron chi connectivity index (χ4n) is 1.77. The van der Waals surface area contributed by atoms with Crippen molar-refractivity contribution >= 4 is 67.9 Å². The Bertz CT molecular complexity index is 112. The molecular formula is C6H16Br4N2. The Hall–Kier alpha value is 1.84. The zero-order chi connectivity index (χ0) is 5.56. The molecule has 2 bridgehead atoms. The van der Waals surface area contributed by atoms with Gasteiger partial charge in [-0.25, -0.2) is 0 Å². The van der Waals surface area contributed by atoms with Gasteiger partial charge in [0.05, 0.1) is 0 Å². The first-order valence-corrected chi connectivity index (χ1v) is 3.30.